The molecule has 0 saturated carbocycles. The minimum Gasteiger partial charge on any atom is -0.342 e. The van der Waals surface area contributed by atoms with E-state index in [1.807, 2.05) is 48.5 Å². The minimum absolute atomic E-state index is 0.211. The minimum atomic E-state index is 0.211. The number of carbonyl (C=O) groups is 1. The summed E-state index contributed by atoms with van der Waals surface area (Å²) in [6.07, 6.45) is 7.14. The van der Waals surface area contributed by atoms with Gasteiger partial charge in [0.1, 0.15) is 11.6 Å². The number of imidazole rings is 2. The SMILES string of the molecule is Cc1nccn1[C@@H]1CCCN(C(=O)CCc2nc3ccccc3[nH]2)C1. The maximum absolute atomic E-state index is 12.6. The summed E-state index contributed by atoms with van der Waals surface area (Å²) in [5, 5.41) is 0. The van der Waals surface area contributed by atoms with Gasteiger partial charge in [-0.15, -0.1) is 0 Å². The van der Waals surface area contributed by atoms with Gasteiger partial charge in [0.05, 0.1) is 17.1 Å². The number of nitrogens with one attached hydrogen (secondary N) is 1. The Labute approximate surface area is 146 Å². The van der Waals surface area contributed by atoms with E-state index >= 15 is 0 Å². The Bertz CT molecular complexity index is 848. The van der Waals surface area contributed by atoms with Crippen LogP contribution in [0.15, 0.2) is 36.7 Å². The fraction of sp³-hybridized carbons (Fsp3) is 0.421. The predicted octanol–water partition coefficient (Wildman–Crippen LogP) is 2.86. The first-order chi connectivity index (χ1) is 12.2. The van der Waals surface area contributed by atoms with E-state index in [1.54, 1.807) is 0 Å². The number of aromatic nitrogens is 4. The van der Waals surface area contributed by atoms with Crippen molar-refractivity contribution < 1.29 is 4.79 Å². The van der Waals surface area contributed by atoms with Gasteiger partial charge in [0.15, 0.2) is 0 Å². The zero-order valence-corrected chi connectivity index (χ0v) is 14.5. The molecule has 6 nitrogen and oxygen atoms in total. The highest BCUT2D eigenvalue weighted by Gasteiger charge is 2.25. The van der Waals surface area contributed by atoms with Gasteiger partial charge >= 0.3 is 0 Å². The molecule has 1 atom stereocenters. The average molecular weight is 337 g/mol. The molecule has 1 aromatic carbocycles. The number of piperidine rings is 1. The predicted molar refractivity (Wildman–Crippen MR) is 96.2 cm³/mol. The molecular formula is C19H23N5O. The molecule has 25 heavy (non-hydrogen) atoms. The van der Waals surface area contributed by atoms with Crippen LogP contribution < -0.4 is 0 Å². The lowest BCUT2D eigenvalue weighted by Gasteiger charge is -2.34. The lowest BCUT2D eigenvalue weighted by Crippen LogP contribution is -2.40. The summed E-state index contributed by atoms with van der Waals surface area (Å²) in [6.45, 7) is 3.64. The van der Waals surface area contributed by atoms with E-state index in [9.17, 15) is 4.79 Å². The van der Waals surface area contributed by atoms with E-state index in [0.29, 0.717) is 18.9 Å². The fourth-order valence-electron chi connectivity index (χ4n) is 3.69. The second-order valence-corrected chi connectivity index (χ2v) is 6.72. The van der Waals surface area contributed by atoms with Gasteiger partial charge in [0.25, 0.3) is 0 Å². The van der Waals surface area contributed by atoms with Crippen LogP contribution in [0.25, 0.3) is 11.0 Å². The Hall–Kier alpha value is -2.63. The van der Waals surface area contributed by atoms with Crippen molar-refractivity contribution in [1.29, 1.82) is 0 Å². The van der Waals surface area contributed by atoms with Gasteiger partial charge in [-0.05, 0) is 31.9 Å². The molecule has 0 spiro atoms. The van der Waals surface area contributed by atoms with Crippen LogP contribution in [0.2, 0.25) is 0 Å². The number of rotatable bonds is 4. The maximum Gasteiger partial charge on any atom is 0.223 e. The quantitative estimate of drug-likeness (QED) is 0.796. The summed E-state index contributed by atoms with van der Waals surface area (Å²) in [4.78, 5) is 26.8. The lowest BCUT2D eigenvalue weighted by atomic mass is 10.0. The molecule has 0 aliphatic carbocycles. The van der Waals surface area contributed by atoms with Crippen molar-refractivity contribution in [1.82, 2.24) is 24.4 Å². The zero-order valence-electron chi connectivity index (χ0n) is 14.5. The number of fused-ring (bicyclic) bond motifs is 1. The molecule has 6 heteroatoms. The average Bonchev–Trinajstić information content (AvgIpc) is 3.25. The van der Waals surface area contributed by atoms with Crippen LogP contribution in [0.1, 0.15) is 37.0 Å². The molecule has 0 unspecified atom stereocenters. The first-order valence-electron chi connectivity index (χ1n) is 8.91. The summed E-state index contributed by atoms with van der Waals surface area (Å²) in [5.41, 5.74) is 1.98. The van der Waals surface area contributed by atoms with Crippen LogP contribution in [0.5, 0.6) is 0 Å². The Morgan fingerprint density at radius 3 is 3.04 bits per heavy atom. The van der Waals surface area contributed by atoms with Crippen molar-refractivity contribution in [3.63, 3.8) is 0 Å². The smallest absolute Gasteiger partial charge is 0.223 e. The number of H-pyrrole nitrogens is 1. The number of para-hydroxylation sites is 2. The van der Waals surface area contributed by atoms with Crippen molar-refractivity contribution >= 4 is 16.9 Å². The summed E-state index contributed by atoms with van der Waals surface area (Å²) < 4.78 is 2.19. The van der Waals surface area contributed by atoms with Crippen molar-refractivity contribution in [2.24, 2.45) is 0 Å². The molecule has 4 rings (SSSR count). The molecular weight excluding hydrogens is 314 g/mol. The van der Waals surface area contributed by atoms with E-state index in [2.05, 4.69) is 19.5 Å². The first-order valence-corrected chi connectivity index (χ1v) is 8.91. The third kappa shape index (κ3) is 3.29. The summed E-state index contributed by atoms with van der Waals surface area (Å²) >= 11 is 0. The molecule has 2 aromatic heterocycles. The molecule has 1 aliphatic heterocycles. The number of nitrogens with zero attached hydrogens (tertiary/aromatic N) is 4. The molecule has 1 amide bonds. The highest BCUT2D eigenvalue weighted by Crippen LogP contribution is 2.23. The monoisotopic (exact) mass is 337 g/mol. The normalized spacial score (nSPS) is 18.0. The van der Waals surface area contributed by atoms with Gasteiger partial charge in [0, 0.05) is 38.3 Å². The molecule has 3 aromatic rings. The Kier molecular flexibility index (Phi) is 4.26. The number of benzene rings is 1. The summed E-state index contributed by atoms with van der Waals surface area (Å²) in [6, 6.07) is 8.30. The summed E-state index contributed by atoms with van der Waals surface area (Å²) in [7, 11) is 0. The van der Waals surface area contributed by atoms with Gasteiger partial charge < -0.3 is 14.5 Å². The van der Waals surface area contributed by atoms with Gasteiger partial charge in [-0.25, -0.2) is 9.97 Å². The van der Waals surface area contributed by atoms with E-state index in [4.69, 9.17) is 0 Å². The van der Waals surface area contributed by atoms with Crippen molar-refractivity contribution in [3.8, 4) is 0 Å². The van der Waals surface area contributed by atoms with Crippen LogP contribution >= 0.6 is 0 Å². The van der Waals surface area contributed by atoms with E-state index in [0.717, 1.165) is 48.6 Å². The number of hydrogen-bond donors (Lipinski definition) is 1. The number of aryl methyl sites for hydroxylation is 2. The van der Waals surface area contributed by atoms with Crippen LogP contribution in [0, 0.1) is 6.92 Å². The number of carbonyl (C=O) groups excluding carboxylic acids is 1. The third-order valence-corrected chi connectivity index (χ3v) is 5.02. The van der Waals surface area contributed by atoms with Gasteiger partial charge in [-0.2, -0.15) is 0 Å². The van der Waals surface area contributed by atoms with Crippen LogP contribution in [0.3, 0.4) is 0 Å². The van der Waals surface area contributed by atoms with Crippen molar-refractivity contribution in [3.05, 3.63) is 48.3 Å². The van der Waals surface area contributed by atoms with Gasteiger partial charge in [-0.1, -0.05) is 12.1 Å². The second-order valence-electron chi connectivity index (χ2n) is 6.72. The standard InChI is InChI=1S/C19H23N5O/c1-14-20-10-12-24(14)15-5-4-11-23(13-15)19(25)9-8-18-21-16-6-2-3-7-17(16)22-18/h2-3,6-7,10,12,15H,4-5,8-9,11,13H2,1H3,(H,21,22)/t15-/m1/s1. The van der Waals surface area contributed by atoms with Gasteiger partial charge in [0.2, 0.25) is 5.91 Å². The molecule has 1 saturated heterocycles. The first kappa shape index (κ1) is 15.9. The molecule has 1 fully saturated rings. The Balaban J connectivity index is 1.38. The van der Waals surface area contributed by atoms with Crippen LogP contribution in [-0.4, -0.2) is 43.4 Å². The molecule has 1 N–H and O–H groups in total. The largest absolute Gasteiger partial charge is 0.342 e. The number of amides is 1. The molecule has 130 valence electrons. The number of hydrogen-bond acceptors (Lipinski definition) is 3. The fourth-order valence-corrected chi connectivity index (χ4v) is 3.69. The Morgan fingerprint density at radius 1 is 1.36 bits per heavy atom. The molecule has 0 bridgehead atoms. The molecule has 0 radical (unpaired) electrons. The lowest BCUT2D eigenvalue weighted by molar-refractivity contribution is -0.132. The maximum atomic E-state index is 12.6. The molecule has 1 aliphatic rings. The second kappa shape index (κ2) is 6.70. The highest BCUT2D eigenvalue weighted by atomic mass is 16.2. The topological polar surface area (TPSA) is 66.8 Å². The van der Waals surface area contributed by atoms with E-state index in [1.165, 1.54) is 0 Å². The zero-order chi connectivity index (χ0) is 17.2. The van der Waals surface area contributed by atoms with Crippen molar-refractivity contribution in [2.45, 2.75) is 38.6 Å². The van der Waals surface area contributed by atoms with E-state index in [-0.39, 0.29) is 5.91 Å². The van der Waals surface area contributed by atoms with E-state index < -0.39 is 0 Å². The summed E-state index contributed by atoms with van der Waals surface area (Å²) in [5.74, 6) is 2.11. The van der Waals surface area contributed by atoms with Crippen LogP contribution in [-0.2, 0) is 11.2 Å². The third-order valence-electron chi connectivity index (χ3n) is 5.02. The Morgan fingerprint density at radius 2 is 2.24 bits per heavy atom. The highest BCUT2D eigenvalue weighted by molar-refractivity contribution is 5.77. The number of aromatic amines is 1. The number of likely N-dealkylation sites (tertiary alicyclic amines) is 1. The van der Waals surface area contributed by atoms with Gasteiger partial charge in [-0.3, -0.25) is 4.79 Å². The van der Waals surface area contributed by atoms with Crippen LogP contribution in [0.4, 0.5) is 0 Å². The van der Waals surface area contributed by atoms with Crippen molar-refractivity contribution in [2.75, 3.05) is 13.1 Å². The molecule has 3 heterocycles.